The van der Waals surface area contributed by atoms with E-state index >= 15 is 0 Å². The van der Waals surface area contributed by atoms with Crippen molar-refractivity contribution in [2.24, 2.45) is 4.99 Å². The van der Waals surface area contributed by atoms with Crippen LogP contribution in [0, 0.1) is 12.3 Å². The summed E-state index contributed by atoms with van der Waals surface area (Å²) < 4.78 is 28.0. The summed E-state index contributed by atoms with van der Waals surface area (Å²) in [4.78, 5) is 7.55. The highest BCUT2D eigenvalue weighted by atomic mass is 32.2. The van der Waals surface area contributed by atoms with E-state index in [1.807, 2.05) is 0 Å². The van der Waals surface area contributed by atoms with Gasteiger partial charge in [0.15, 0.2) is 11.3 Å². The van der Waals surface area contributed by atoms with Crippen molar-refractivity contribution in [3.8, 4) is 12.3 Å². The number of aliphatic hydroxyl groups is 1. The molecule has 0 radical (unpaired) electrons. The Morgan fingerprint density at radius 1 is 1.69 bits per heavy atom. The van der Waals surface area contributed by atoms with Crippen LogP contribution in [0.3, 0.4) is 0 Å². The molecule has 4 nitrogen and oxygen atoms in total. The van der Waals surface area contributed by atoms with Gasteiger partial charge in [-0.25, -0.2) is 9.98 Å². The molecule has 1 aromatic heterocycles. The van der Waals surface area contributed by atoms with E-state index in [4.69, 9.17) is 6.42 Å². The van der Waals surface area contributed by atoms with Crippen LogP contribution in [-0.2, 0) is 0 Å². The molecule has 0 fully saturated rings. The van der Waals surface area contributed by atoms with Gasteiger partial charge in [-0.15, -0.1) is 6.42 Å². The van der Waals surface area contributed by atoms with Gasteiger partial charge in [0.05, 0.1) is 6.20 Å². The number of alkyl halides is 2. The first-order valence-corrected chi connectivity index (χ1v) is 5.74. The number of thiol groups is 1. The quantitative estimate of drug-likeness (QED) is 0.609. The molecule has 0 spiro atoms. The van der Waals surface area contributed by atoms with Crippen molar-refractivity contribution in [2.45, 2.75) is 18.3 Å². The first-order valence-electron chi connectivity index (χ1n) is 4.38. The monoisotopic (exact) mass is 245 g/mol. The highest BCUT2D eigenvalue weighted by Gasteiger charge is 2.41. The second-order valence-corrected chi connectivity index (χ2v) is 5.34. The molecule has 0 aromatic carbocycles. The third-order valence-corrected chi connectivity index (χ3v) is 4.36. The summed E-state index contributed by atoms with van der Waals surface area (Å²) in [5, 5.41) is 9.22. The SMILES string of the molecule is C#CC(O)[SH]1C(C(C)(F)F)=Nc2cncn21. The van der Waals surface area contributed by atoms with E-state index in [-0.39, 0.29) is 5.04 Å². The predicted octanol–water partition coefficient (Wildman–Crippen LogP) is 1.30. The van der Waals surface area contributed by atoms with E-state index in [9.17, 15) is 13.9 Å². The Balaban J connectivity index is 2.49. The van der Waals surface area contributed by atoms with Gasteiger partial charge in [-0.1, -0.05) is 17.0 Å². The molecular weight excluding hydrogens is 236 g/mol. The van der Waals surface area contributed by atoms with E-state index in [0.717, 1.165) is 6.92 Å². The Morgan fingerprint density at radius 3 is 2.94 bits per heavy atom. The minimum absolute atomic E-state index is 0.303. The Kier molecular flexibility index (Phi) is 2.48. The molecule has 1 aliphatic rings. The average Bonchev–Trinajstić information content (AvgIpc) is 2.73. The summed E-state index contributed by atoms with van der Waals surface area (Å²) >= 11 is -1.76. The topological polar surface area (TPSA) is 50.4 Å². The molecular formula is C9H9F2N3OS. The van der Waals surface area contributed by atoms with E-state index in [2.05, 4.69) is 15.9 Å². The number of rotatable bonds is 2. The van der Waals surface area contributed by atoms with E-state index in [1.54, 1.807) is 0 Å². The lowest BCUT2D eigenvalue weighted by Gasteiger charge is -2.25. The van der Waals surface area contributed by atoms with Crippen molar-refractivity contribution < 1.29 is 13.9 Å². The van der Waals surface area contributed by atoms with Crippen LogP contribution < -0.4 is 0 Å². The van der Waals surface area contributed by atoms with E-state index < -0.39 is 22.4 Å². The Labute approximate surface area is 93.5 Å². The standard InChI is InChI=1S/C9H9F2N3OS/c1-3-7(15)16-8(9(2,10)11)13-6-4-12-5-14(6)16/h1,4-5,7,15-16H,2H3. The molecule has 2 atom stereocenters. The molecule has 0 aliphatic carbocycles. The Bertz CT molecular complexity index is 486. The second-order valence-electron chi connectivity index (χ2n) is 3.31. The molecule has 16 heavy (non-hydrogen) atoms. The minimum atomic E-state index is -3.09. The lowest BCUT2D eigenvalue weighted by atomic mass is 10.4. The lowest BCUT2D eigenvalue weighted by Crippen LogP contribution is -2.28. The van der Waals surface area contributed by atoms with E-state index in [0.29, 0.717) is 5.82 Å². The fourth-order valence-electron chi connectivity index (χ4n) is 1.39. The normalized spacial score (nSPS) is 23.4. The van der Waals surface area contributed by atoms with Crippen LogP contribution in [-0.4, -0.2) is 30.5 Å². The summed E-state index contributed by atoms with van der Waals surface area (Å²) in [5.41, 5.74) is -1.28. The number of nitrogens with zero attached hydrogens (tertiary/aromatic N) is 3. The fourth-order valence-corrected chi connectivity index (χ4v) is 3.30. The van der Waals surface area contributed by atoms with Crippen molar-refractivity contribution in [2.75, 3.05) is 0 Å². The minimum Gasteiger partial charge on any atom is -0.371 e. The van der Waals surface area contributed by atoms with Crippen LogP contribution in [0.2, 0.25) is 0 Å². The number of aliphatic hydroxyl groups excluding tert-OH is 1. The van der Waals surface area contributed by atoms with Crippen LogP contribution in [0.15, 0.2) is 17.5 Å². The molecule has 7 heteroatoms. The van der Waals surface area contributed by atoms with Gasteiger partial charge < -0.3 is 5.11 Å². The molecule has 0 amide bonds. The molecule has 2 unspecified atom stereocenters. The smallest absolute Gasteiger partial charge is 0.292 e. The highest BCUT2D eigenvalue weighted by Crippen LogP contribution is 2.48. The van der Waals surface area contributed by atoms with Crippen molar-refractivity contribution >= 4 is 21.9 Å². The number of halogens is 2. The molecule has 1 N–H and O–H groups in total. The summed E-state index contributed by atoms with van der Waals surface area (Å²) in [6.45, 7) is 0.740. The van der Waals surface area contributed by atoms with Crippen LogP contribution in [0.1, 0.15) is 6.92 Å². The van der Waals surface area contributed by atoms with Crippen molar-refractivity contribution in [3.05, 3.63) is 12.5 Å². The molecule has 1 aliphatic heterocycles. The number of imidazole rings is 1. The molecule has 2 heterocycles. The Hall–Kier alpha value is -1.39. The Morgan fingerprint density at radius 2 is 2.38 bits per heavy atom. The lowest BCUT2D eigenvalue weighted by molar-refractivity contribution is 0.104. The van der Waals surface area contributed by atoms with Gasteiger partial charge in [0.1, 0.15) is 11.4 Å². The van der Waals surface area contributed by atoms with Gasteiger partial charge in [-0.3, -0.25) is 3.97 Å². The van der Waals surface area contributed by atoms with Gasteiger partial charge in [-0.2, -0.15) is 8.78 Å². The fraction of sp³-hybridized carbons (Fsp3) is 0.333. The summed E-state index contributed by atoms with van der Waals surface area (Å²) in [7, 11) is 0. The van der Waals surface area contributed by atoms with Crippen LogP contribution in [0.5, 0.6) is 0 Å². The second kappa shape index (κ2) is 3.57. The zero-order valence-electron chi connectivity index (χ0n) is 8.30. The molecule has 1 aromatic rings. The first kappa shape index (κ1) is 11.1. The third-order valence-electron chi connectivity index (χ3n) is 2.04. The number of aliphatic imine (C=N–C) groups is 1. The largest absolute Gasteiger partial charge is 0.371 e. The summed E-state index contributed by atoms with van der Waals surface area (Å²) in [6.07, 6.45) is 7.78. The third kappa shape index (κ3) is 1.60. The highest BCUT2D eigenvalue weighted by molar-refractivity contribution is 8.29. The number of aromatic nitrogens is 2. The number of hydrogen-bond donors (Lipinski definition) is 2. The van der Waals surface area contributed by atoms with Crippen molar-refractivity contribution in [1.29, 1.82) is 0 Å². The van der Waals surface area contributed by atoms with Gasteiger partial charge in [-0.05, 0) is 0 Å². The number of terminal acetylenes is 1. The molecule has 0 saturated carbocycles. The predicted molar refractivity (Wildman–Crippen MR) is 59.2 cm³/mol. The average molecular weight is 245 g/mol. The van der Waals surface area contributed by atoms with Crippen LogP contribution in [0.25, 0.3) is 0 Å². The molecule has 0 bridgehead atoms. The zero-order chi connectivity index (χ0) is 11.9. The molecule has 0 saturated heterocycles. The molecule has 2 rings (SSSR count). The maximum Gasteiger partial charge on any atom is 0.292 e. The van der Waals surface area contributed by atoms with Crippen molar-refractivity contribution in [3.63, 3.8) is 0 Å². The van der Waals surface area contributed by atoms with Gasteiger partial charge in [0.2, 0.25) is 0 Å². The van der Waals surface area contributed by atoms with Crippen LogP contribution in [0.4, 0.5) is 14.6 Å². The number of hydrogen-bond acceptors (Lipinski definition) is 3. The first-order chi connectivity index (χ1) is 7.45. The molecule has 86 valence electrons. The van der Waals surface area contributed by atoms with Gasteiger partial charge in [0.25, 0.3) is 5.92 Å². The maximum atomic E-state index is 13.3. The van der Waals surface area contributed by atoms with E-state index in [1.165, 1.54) is 16.5 Å². The van der Waals surface area contributed by atoms with Crippen LogP contribution >= 0.6 is 11.1 Å². The van der Waals surface area contributed by atoms with Crippen molar-refractivity contribution in [1.82, 2.24) is 8.96 Å². The number of fused-ring (bicyclic) bond motifs is 1. The zero-order valence-corrected chi connectivity index (χ0v) is 9.20. The summed E-state index contributed by atoms with van der Waals surface area (Å²) in [6, 6.07) is 0. The maximum absolute atomic E-state index is 13.3. The van der Waals surface area contributed by atoms with Gasteiger partial charge >= 0.3 is 0 Å². The summed E-state index contributed by atoms with van der Waals surface area (Å²) in [5.74, 6) is -0.731. The van der Waals surface area contributed by atoms with Gasteiger partial charge in [0, 0.05) is 6.92 Å².